The van der Waals surface area contributed by atoms with Crippen molar-refractivity contribution in [3.63, 3.8) is 0 Å². The van der Waals surface area contributed by atoms with Gasteiger partial charge in [-0.3, -0.25) is 14.2 Å². The third kappa shape index (κ3) is 11.1. The first-order chi connectivity index (χ1) is 31.2. The number of aromatic amines is 1. The maximum Gasteiger partial charge on any atom is 0.270 e. The molecule has 19 nitrogen and oxygen atoms in total. The van der Waals surface area contributed by atoms with Crippen LogP contribution in [0, 0.1) is 6.92 Å². The van der Waals surface area contributed by atoms with E-state index < -0.39 is 0 Å². The number of hydrogen-bond donors (Lipinski definition) is 5. The summed E-state index contributed by atoms with van der Waals surface area (Å²) in [5, 5.41) is 13.0. The number of aromatic nitrogens is 8. The number of H-pyrrole nitrogens is 1. The fourth-order valence-corrected chi connectivity index (χ4v) is 8.36. The fourth-order valence-electron chi connectivity index (χ4n) is 8.36. The van der Waals surface area contributed by atoms with E-state index in [9.17, 15) is 9.59 Å². The Morgan fingerprint density at radius 3 is 2.02 bits per heavy atom. The van der Waals surface area contributed by atoms with Crippen molar-refractivity contribution in [2.45, 2.75) is 38.6 Å². The van der Waals surface area contributed by atoms with Crippen LogP contribution in [0.1, 0.15) is 37.3 Å². The van der Waals surface area contributed by atoms with Gasteiger partial charge >= 0.3 is 0 Å². The molecule has 2 aromatic carbocycles. The van der Waals surface area contributed by atoms with Crippen LogP contribution in [0.3, 0.4) is 0 Å². The van der Waals surface area contributed by atoms with E-state index in [0.29, 0.717) is 34.2 Å². The van der Waals surface area contributed by atoms with Crippen molar-refractivity contribution in [3.8, 4) is 5.75 Å². The van der Waals surface area contributed by atoms with Crippen LogP contribution in [0.4, 0.5) is 34.6 Å². The lowest BCUT2D eigenvalue weighted by Gasteiger charge is -2.35. The highest BCUT2D eigenvalue weighted by molar-refractivity contribution is 5.74. The predicted octanol–water partition coefficient (Wildman–Crippen LogP) is 3.50. The Bertz CT molecular complexity index is 2610. The zero-order chi connectivity index (χ0) is 44.4. The fraction of sp³-hybridized carbons (Fsp3) is 0.467. The number of nitrogens with zero attached hydrogens (tertiary/aromatic N) is 11. The van der Waals surface area contributed by atoms with E-state index in [-0.39, 0.29) is 17.2 Å². The lowest BCUT2D eigenvalue weighted by atomic mass is 10.1. The van der Waals surface area contributed by atoms with Crippen molar-refractivity contribution in [1.29, 1.82) is 0 Å². The minimum Gasteiger partial charge on any atom is -0.494 e. The molecule has 0 aliphatic carbocycles. The first-order valence-corrected chi connectivity index (χ1v) is 22.3. The van der Waals surface area contributed by atoms with Gasteiger partial charge in [-0.15, -0.1) is 0 Å². The number of aryl methyl sites for hydroxylation is 1. The standard InChI is InChI=1S/C23H30N8O2.C18H21N7O.C4H9N/c1-29-9-11-30(12-10-29)17-3-4-18(20(13-17)33-2)27-23-26-14-19-22(28-23)31(21(32)15-25-19)16-5-7-24-8-6-16;1-12-9-13(3-4-15(12)25-7-5-24(2)6-8-25)21-18-20-10-14-17(23-18)22-16(26)11-19-14;1-2-4-5-3-1/h3-4,13-16,24H,5-12H2,1-2H3,(H,26,27,28);3-4,9-11H,5-8H2,1-2H3,(H2,20,21,22,23,26);5H,1-4H2. The molecule has 0 spiro atoms. The number of anilines is 6. The third-order valence-electron chi connectivity index (χ3n) is 12.1. The minimum atomic E-state index is -0.283. The highest BCUT2D eigenvalue weighted by atomic mass is 16.5. The maximum absolute atomic E-state index is 12.7. The molecule has 4 aliphatic heterocycles. The molecule has 19 heteroatoms. The Kier molecular flexibility index (Phi) is 14.5. The number of rotatable bonds is 8. The average Bonchev–Trinajstić information content (AvgIpc) is 3.91. The lowest BCUT2D eigenvalue weighted by molar-refractivity contribution is 0.312. The first-order valence-electron chi connectivity index (χ1n) is 22.3. The number of fused-ring (bicyclic) bond motifs is 2. The number of piperidine rings is 1. The van der Waals surface area contributed by atoms with Crippen LogP contribution < -0.4 is 46.9 Å². The molecule has 64 heavy (non-hydrogen) atoms. The summed E-state index contributed by atoms with van der Waals surface area (Å²) < 4.78 is 7.43. The van der Waals surface area contributed by atoms with E-state index in [2.05, 4.69) is 115 Å². The van der Waals surface area contributed by atoms with Crippen LogP contribution >= 0.6 is 0 Å². The Labute approximate surface area is 372 Å². The summed E-state index contributed by atoms with van der Waals surface area (Å²) in [6, 6.07) is 12.5. The molecule has 0 saturated carbocycles. The third-order valence-corrected chi connectivity index (χ3v) is 12.1. The van der Waals surface area contributed by atoms with Crippen LogP contribution in [0.2, 0.25) is 0 Å². The molecule has 10 rings (SSSR count). The molecule has 4 saturated heterocycles. The van der Waals surface area contributed by atoms with Crippen molar-refractivity contribution in [2.75, 3.05) is 120 Å². The second kappa shape index (κ2) is 20.9. The van der Waals surface area contributed by atoms with Gasteiger partial charge in [0.2, 0.25) is 11.9 Å². The van der Waals surface area contributed by atoms with E-state index >= 15 is 0 Å². The molecular weight excluding hydrogens is 813 g/mol. The summed E-state index contributed by atoms with van der Waals surface area (Å²) in [6.07, 6.45) is 10.4. The van der Waals surface area contributed by atoms with Crippen molar-refractivity contribution >= 4 is 57.0 Å². The number of nitrogens with one attached hydrogen (secondary N) is 5. The average molecular weight is 873 g/mol. The van der Waals surface area contributed by atoms with Gasteiger partial charge in [0.15, 0.2) is 11.3 Å². The van der Waals surface area contributed by atoms with Crippen molar-refractivity contribution in [1.82, 2.24) is 59.9 Å². The first kappa shape index (κ1) is 44.3. The molecule has 0 bridgehead atoms. The summed E-state index contributed by atoms with van der Waals surface area (Å²) in [7, 11) is 5.96. The van der Waals surface area contributed by atoms with Gasteiger partial charge in [0.05, 0.1) is 37.6 Å². The Morgan fingerprint density at radius 1 is 0.688 bits per heavy atom. The Morgan fingerprint density at radius 2 is 1.34 bits per heavy atom. The lowest BCUT2D eigenvalue weighted by Crippen LogP contribution is -2.44. The summed E-state index contributed by atoms with van der Waals surface area (Å²) in [5.41, 5.74) is 7.00. The smallest absolute Gasteiger partial charge is 0.270 e. The van der Waals surface area contributed by atoms with Crippen molar-refractivity contribution < 1.29 is 4.74 Å². The number of benzene rings is 2. The van der Waals surface area contributed by atoms with E-state index in [4.69, 9.17) is 4.74 Å². The van der Waals surface area contributed by atoms with Gasteiger partial charge < -0.3 is 50.6 Å². The maximum atomic E-state index is 12.7. The molecule has 6 aromatic rings. The quantitative estimate of drug-likeness (QED) is 0.149. The van der Waals surface area contributed by atoms with Gasteiger partial charge in [-0.25, -0.2) is 19.9 Å². The van der Waals surface area contributed by atoms with Crippen LogP contribution in [0.5, 0.6) is 5.75 Å². The van der Waals surface area contributed by atoms with Gasteiger partial charge in [-0.05, 0) is 109 Å². The Hall–Kier alpha value is -6.28. The SMILES string of the molecule is C1CCNC1.COc1cc(N2CCN(C)CC2)ccc1Nc1ncc2ncc(=O)n(C3CCNCC3)c2n1.Cc1cc(Nc2ncc3ncc(=O)[nH]c3n2)ccc1N1CCN(C)CC1. The largest absolute Gasteiger partial charge is 0.494 e. The number of likely N-dealkylation sites (N-methyl/N-ethyl adjacent to an activating group) is 2. The second-order valence-corrected chi connectivity index (χ2v) is 16.7. The van der Waals surface area contributed by atoms with Crippen molar-refractivity contribution in [2.24, 2.45) is 0 Å². The molecule has 4 aliphatic rings. The highest BCUT2D eigenvalue weighted by Gasteiger charge is 2.21. The number of hydrogen-bond acceptors (Lipinski definition) is 17. The molecule has 0 atom stereocenters. The van der Waals surface area contributed by atoms with Gasteiger partial charge in [0.1, 0.15) is 16.8 Å². The molecule has 338 valence electrons. The summed E-state index contributed by atoms with van der Waals surface area (Å²) in [6.45, 7) is 14.7. The zero-order valence-corrected chi connectivity index (χ0v) is 37.3. The van der Waals surface area contributed by atoms with Crippen LogP contribution in [-0.4, -0.2) is 149 Å². The number of piperazine rings is 2. The molecule has 4 fully saturated rings. The van der Waals surface area contributed by atoms with Crippen LogP contribution in [0.25, 0.3) is 22.3 Å². The number of ether oxygens (including phenoxy) is 1. The van der Waals surface area contributed by atoms with Gasteiger partial charge in [-0.1, -0.05) is 0 Å². The van der Waals surface area contributed by atoms with E-state index in [1.165, 1.54) is 49.6 Å². The normalized spacial score (nSPS) is 17.4. The van der Waals surface area contributed by atoms with Gasteiger partial charge in [0, 0.05) is 81.5 Å². The van der Waals surface area contributed by atoms with Crippen molar-refractivity contribution in [3.05, 3.63) is 87.5 Å². The van der Waals surface area contributed by atoms with Gasteiger partial charge in [0.25, 0.3) is 11.1 Å². The summed E-state index contributed by atoms with van der Waals surface area (Å²) >= 11 is 0. The molecule has 0 amide bonds. The summed E-state index contributed by atoms with van der Waals surface area (Å²) in [4.78, 5) is 62.2. The van der Waals surface area contributed by atoms with Gasteiger partial charge in [-0.2, -0.15) is 9.97 Å². The minimum absolute atomic E-state index is 0.101. The molecule has 5 N–H and O–H groups in total. The van der Waals surface area contributed by atoms with Crippen LogP contribution in [0.15, 0.2) is 70.8 Å². The molecule has 8 heterocycles. The molecule has 0 radical (unpaired) electrons. The molecule has 0 unspecified atom stereocenters. The van der Waals surface area contributed by atoms with E-state index in [0.717, 1.165) is 101 Å². The zero-order valence-electron chi connectivity index (χ0n) is 37.3. The molecule has 4 aromatic heterocycles. The topological polar surface area (TPSA) is 203 Å². The second-order valence-electron chi connectivity index (χ2n) is 16.7. The highest BCUT2D eigenvalue weighted by Crippen LogP contribution is 2.32. The monoisotopic (exact) mass is 873 g/mol. The van der Waals surface area contributed by atoms with E-state index in [1.807, 2.05) is 18.2 Å². The van der Waals surface area contributed by atoms with Crippen LogP contribution in [-0.2, 0) is 0 Å². The predicted molar refractivity (Wildman–Crippen MR) is 253 cm³/mol. The Balaban J connectivity index is 0.000000161. The number of methoxy groups -OCH3 is 1. The van der Waals surface area contributed by atoms with E-state index in [1.54, 1.807) is 24.1 Å². The molecular formula is C45H60N16O3. The summed E-state index contributed by atoms with van der Waals surface area (Å²) in [5.74, 6) is 1.55.